The SMILES string of the molecule is CCCCCCCCCCCCCCCC[B-]12ON=C(Cl)/C(Cl)=N/O[B-](CCCCCCCCCCCCCCCC)(O/N=C(\Cl)C(Cl)=NO1)O/N=C(Cl)/C(Cl)=N/O2. The third-order valence-electron chi connectivity index (χ3n) is 10.1. The van der Waals surface area contributed by atoms with Gasteiger partial charge in [0, 0.05) is 0 Å². The number of hydrogen-bond acceptors (Lipinski definition) is 12. The van der Waals surface area contributed by atoms with E-state index in [1.54, 1.807) is 0 Å². The average Bonchev–Trinajstić information content (AvgIpc) is 3.23. The summed E-state index contributed by atoms with van der Waals surface area (Å²) < 4.78 is 34.3. The Kier molecular flexibility index (Phi) is 30.4. The van der Waals surface area contributed by atoms with Crippen LogP contribution in [0.3, 0.4) is 0 Å². The summed E-state index contributed by atoms with van der Waals surface area (Å²) >= 11 is 38.2. The van der Waals surface area contributed by atoms with Crippen molar-refractivity contribution in [3.8, 4) is 0 Å². The van der Waals surface area contributed by atoms with Gasteiger partial charge in [0.1, 0.15) is 0 Å². The molecule has 0 saturated carbocycles. The number of halogens is 6. The lowest BCUT2D eigenvalue weighted by Crippen LogP contribution is -2.44. The Labute approximate surface area is 377 Å². The van der Waals surface area contributed by atoms with Crippen LogP contribution in [-0.4, -0.2) is 44.5 Å². The second kappa shape index (κ2) is 33.3. The van der Waals surface area contributed by atoms with Gasteiger partial charge in [-0.2, -0.15) is 0 Å². The van der Waals surface area contributed by atoms with E-state index in [0.29, 0.717) is 12.8 Å². The van der Waals surface area contributed by atoms with E-state index in [-0.39, 0.29) is 12.6 Å². The van der Waals surface area contributed by atoms with E-state index in [2.05, 4.69) is 44.8 Å². The Balaban J connectivity index is 2.04. The summed E-state index contributed by atoms with van der Waals surface area (Å²) in [6, 6.07) is 0. The number of hydrogen-bond donors (Lipinski definition) is 0. The van der Waals surface area contributed by atoms with Crippen molar-refractivity contribution in [2.24, 2.45) is 30.9 Å². The van der Waals surface area contributed by atoms with Gasteiger partial charge >= 0.3 is 13.5 Å². The fourth-order valence-corrected chi connectivity index (χ4v) is 7.04. The maximum absolute atomic E-state index is 6.37. The molecule has 2 bridgehead atoms. The van der Waals surface area contributed by atoms with Gasteiger partial charge in [-0.15, -0.1) is 30.9 Å². The molecular weight excluding hydrogens is 871 g/mol. The number of oxime groups is 6. The second-order valence-corrected chi connectivity index (χ2v) is 17.4. The molecule has 0 spiro atoms. The smallest absolute Gasteiger partial charge is 0.539 e. The largest absolute Gasteiger partial charge is 0.609 e. The predicted molar refractivity (Wildman–Crippen MR) is 248 cm³/mol. The molecule has 12 nitrogen and oxygen atoms in total. The monoisotopic (exact) mass is 934 g/mol. The molecule has 0 aromatic carbocycles. The van der Waals surface area contributed by atoms with Crippen LogP contribution >= 0.6 is 69.6 Å². The van der Waals surface area contributed by atoms with Gasteiger partial charge in [-0.1, -0.05) is 276 Å². The first kappa shape index (κ1) is 52.8. The molecule has 0 atom stereocenters. The minimum Gasteiger partial charge on any atom is -0.539 e. The first-order valence-electron chi connectivity index (χ1n) is 22.0. The summed E-state index contributed by atoms with van der Waals surface area (Å²) in [7, 11) is 0. The molecular formula is C38H66B2Cl6N6O6-2. The molecule has 0 N–H and O–H groups in total. The fraction of sp³-hybridized carbons (Fsp3) is 0.842. The summed E-state index contributed by atoms with van der Waals surface area (Å²) in [6.45, 7) is -1.58. The van der Waals surface area contributed by atoms with Crippen molar-refractivity contribution in [3.05, 3.63) is 0 Å². The van der Waals surface area contributed by atoms with E-state index >= 15 is 0 Å². The van der Waals surface area contributed by atoms with Crippen LogP contribution in [0.5, 0.6) is 0 Å². The summed E-state index contributed by atoms with van der Waals surface area (Å²) in [5.41, 5.74) is 0. The molecule has 0 aromatic rings. The maximum atomic E-state index is 6.37. The van der Waals surface area contributed by atoms with Gasteiger partial charge in [0.15, 0.2) is 0 Å². The van der Waals surface area contributed by atoms with E-state index in [4.69, 9.17) is 98.1 Å². The molecule has 0 amide bonds. The van der Waals surface area contributed by atoms with Gasteiger partial charge in [0.2, 0.25) is 31.0 Å². The Bertz CT molecular complexity index is 1120. The molecule has 0 unspecified atom stereocenters. The minimum atomic E-state index is -3.03. The molecule has 0 radical (unpaired) electrons. The van der Waals surface area contributed by atoms with Crippen molar-refractivity contribution in [2.75, 3.05) is 0 Å². The lowest BCUT2D eigenvalue weighted by Gasteiger charge is -2.35. The zero-order valence-corrected chi connectivity index (χ0v) is 39.3. The zero-order valence-electron chi connectivity index (χ0n) is 34.8. The van der Waals surface area contributed by atoms with Gasteiger partial charge < -0.3 is 28.5 Å². The van der Waals surface area contributed by atoms with Gasteiger partial charge in [-0.05, 0) is 0 Å². The van der Waals surface area contributed by atoms with Gasteiger partial charge in [-0.25, -0.2) is 0 Å². The van der Waals surface area contributed by atoms with Crippen molar-refractivity contribution in [3.63, 3.8) is 0 Å². The highest BCUT2D eigenvalue weighted by molar-refractivity contribution is 7.01. The number of rotatable bonds is 30. The quantitative estimate of drug-likeness (QED) is 0.0521. The van der Waals surface area contributed by atoms with Crippen LogP contribution in [0.1, 0.15) is 194 Å². The highest BCUT2D eigenvalue weighted by atomic mass is 35.5. The van der Waals surface area contributed by atoms with Crippen molar-refractivity contribution >= 4 is 114 Å². The number of fused-ring (bicyclic) bond motifs is 9. The third kappa shape index (κ3) is 24.2. The Morgan fingerprint density at radius 2 is 0.431 bits per heavy atom. The molecule has 0 aliphatic carbocycles. The molecule has 334 valence electrons. The van der Waals surface area contributed by atoms with Crippen molar-refractivity contribution in [1.29, 1.82) is 0 Å². The van der Waals surface area contributed by atoms with Crippen LogP contribution in [0, 0.1) is 0 Å². The minimum absolute atomic E-state index is 0.0836. The van der Waals surface area contributed by atoms with Gasteiger partial charge in [0.05, 0.1) is 0 Å². The predicted octanol–water partition coefficient (Wildman–Crippen LogP) is 15.3. The van der Waals surface area contributed by atoms with Crippen LogP contribution in [0.15, 0.2) is 30.9 Å². The first-order chi connectivity index (χ1) is 28.2. The van der Waals surface area contributed by atoms with E-state index < -0.39 is 44.5 Å². The highest BCUT2D eigenvalue weighted by Gasteiger charge is 2.41. The van der Waals surface area contributed by atoms with Crippen molar-refractivity contribution < 1.29 is 28.5 Å². The number of unbranched alkanes of at least 4 members (excludes halogenated alkanes) is 26. The zero-order chi connectivity index (χ0) is 42.2. The molecule has 58 heavy (non-hydrogen) atoms. The molecule has 3 heterocycles. The maximum Gasteiger partial charge on any atom is 0.609 e. The third-order valence-corrected chi connectivity index (χ3v) is 11.9. The fourth-order valence-electron chi connectivity index (χ4n) is 6.59. The van der Waals surface area contributed by atoms with Crippen LogP contribution in [0.4, 0.5) is 0 Å². The standard InChI is InChI=1S/C38H66B2Cl6N6O6/c1-3-5-7-9-11-13-15-17-19-21-23-25-27-29-31-39-53-47-33(41)36(44)50-56-40(57-51-37(45)34(42)48-54-39,58-52-38(46)35(43)49-55-39)32-30-28-26-24-22-20-18-16-14-12-10-8-6-4-2/h3-32H2,1-2H3/q-2/b47-33-,48-34-,49-35-,50-36-,51-37?,52-38?. The highest BCUT2D eigenvalue weighted by Crippen LogP contribution is 2.27. The van der Waals surface area contributed by atoms with Crippen LogP contribution in [0.25, 0.3) is 0 Å². The first-order valence-corrected chi connectivity index (χ1v) is 24.2. The lowest BCUT2D eigenvalue weighted by molar-refractivity contribution is 0.0629. The molecule has 3 aliphatic heterocycles. The molecule has 0 fully saturated rings. The molecule has 3 rings (SSSR count). The van der Waals surface area contributed by atoms with E-state index in [1.165, 1.54) is 116 Å². The number of nitrogens with zero attached hydrogens (tertiary/aromatic N) is 6. The Morgan fingerprint density at radius 1 is 0.276 bits per heavy atom. The molecule has 0 saturated heterocycles. The average molecular weight is 937 g/mol. The van der Waals surface area contributed by atoms with E-state index in [9.17, 15) is 0 Å². The summed E-state index contributed by atoms with van der Waals surface area (Å²) in [5, 5.41) is 20.9. The molecule has 20 heteroatoms. The van der Waals surface area contributed by atoms with Gasteiger partial charge in [0.25, 0.3) is 0 Å². The van der Waals surface area contributed by atoms with Crippen molar-refractivity contribution in [1.82, 2.24) is 0 Å². The molecule has 0 aromatic heterocycles. The van der Waals surface area contributed by atoms with Gasteiger partial charge in [-0.3, -0.25) is 0 Å². The normalized spacial score (nSPS) is 23.9. The summed E-state index contributed by atoms with van der Waals surface area (Å²) in [5.74, 6) is 0. The Hall–Kier alpha value is -1.31. The van der Waals surface area contributed by atoms with Crippen LogP contribution in [-0.2, 0) is 28.5 Å². The Morgan fingerprint density at radius 3 is 0.603 bits per heavy atom. The van der Waals surface area contributed by atoms with E-state index in [1.807, 2.05) is 0 Å². The van der Waals surface area contributed by atoms with Crippen molar-refractivity contribution in [2.45, 2.75) is 206 Å². The second-order valence-electron chi connectivity index (χ2n) is 15.3. The summed E-state index contributed by atoms with van der Waals surface area (Å²) in [4.78, 5) is 0. The van der Waals surface area contributed by atoms with Crippen LogP contribution in [0.2, 0.25) is 12.6 Å². The topological polar surface area (TPSA) is 130 Å². The lowest BCUT2D eigenvalue weighted by atomic mass is 9.73. The molecule has 3 aliphatic rings. The van der Waals surface area contributed by atoms with E-state index in [0.717, 1.165) is 51.4 Å². The summed E-state index contributed by atoms with van der Waals surface area (Å²) in [6.07, 6.45) is 32.9. The van der Waals surface area contributed by atoms with Crippen LogP contribution < -0.4 is 0 Å².